The van der Waals surface area contributed by atoms with Crippen molar-refractivity contribution in [1.29, 1.82) is 0 Å². The highest BCUT2D eigenvalue weighted by Gasteiger charge is 2.21. The van der Waals surface area contributed by atoms with E-state index in [2.05, 4.69) is 17.6 Å². The van der Waals surface area contributed by atoms with Crippen LogP contribution in [-0.2, 0) is 0 Å². The number of benzene rings is 2. The van der Waals surface area contributed by atoms with Gasteiger partial charge in [0, 0.05) is 12.1 Å². The van der Waals surface area contributed by atoms with Crippen LogP contribution in [0.5, 0.6) is 0 Å². The third-order valence-electron chi connectivity index (χ3n) is 4.28. The standard InChI is InChI=1S/C19H21ClN2O/c1-13-11-16(9-10-21-13)22-19(23)17-12-15(7-8-18(17)20)14-5-3-2-4-6-14/h2-8,12-13,16,21H,9-11H2,1H3,(H,22,23). The van der Waals surface area contributed by atoms with Crippen molar-refractivity contribution in [1.82, 2.24) is 10.6 Å². The lowest BCUT2D eigenvalue weighted by molar-refractivity contribution is 0.0926. The predicted octanol–water partition coefficient (Wildman–Crippen LogP) is 3.88. The normalized spacial score (nSPS) is 21.0. The quantitative estimate of drug-likeness (QED) is 0.897. The summed E-state index contributed by atoms with van der Waals surface area (Å²) in [5.74, 6) is -0.0909. The van der Waals surface area contributed by atoms with E-state index in [9.17, 15) is 4.79 Å². The van der Waals surface area contributed by atoms with Gasteiger partial charge in [-0.1, -0.05) is 48.0 Å². The molecule has 1 aliphatic heterocycles. The maximum atomic E-state index is 12.6. The predicted molar refractivity (Wildman–Crippen MR) is 94.8 cm³/mol. The molecule has 1 heterocycles. The highest BCUT2D eigenvalue weighted by Crippen LogP contribution is 2.25. The van der Waals surface area contributed by atoms with Crippen molar-refractivity contribution < 1.29 is 4.79 Å². The van der Waals surface area contributed by atoms with Gasteiger partial charge in [-0.3, -0.25) is 4.79 Å². The molecule has 2 atom stereocenters. The van der Waals surface area contributed by atoms with E-state index in [1.54, 1.807) is 6.07 Å². The highest BCUT2D eigenvalue weighted by atomic mass is 35.5. The number of carbonyl (C=O) groups excluding carboxylic acids is 1. The Morgan fingerprint density at radius 3 is 2.70 bits per heavy atom. The average Bonchev–Trinajstić information content (AvgIpc) is 2.56. The highest BCUT2D eigenvalue weighted by molar-refractivity contribution is 6.34. The smallest absolute Gasteiger partial charge is 0.253 e. The van der Waals surface area contributed by atoms with Crippen molar-refractivity contribution in [3.8, 4) is 11.1 Å². The van der Waals surface area contributed by atoms with Crippen molar-refractivity contribution in [3.05, 3.63) is 59.1 Å². The number of halogens is 1. The van der Waals surface area contributed by atoms with Gasteiger partial charge in [0.05, 0.1) is 10.6 Å². The summed E-state index contributed by atoms with van der Waals surface area (Å²) in [5.41, 5.74) is 2.62. The molecular formula is C19H21ClN2O. The first-order valence-corrected chi connectivity index (χ1v) is 8.40. The molecule has 3 nitrogen and oxygen atoms in total. The topological polar surface area (TPSA) is 41.1 Å². The van der Waals surface area contributed by atoms with E-state index in [0.29, 0.717) is 16.6 Å². The van der Waals surface area contributed by atoms with Gasteiger partial charge < -0.3 is 10.6 Å². The van der Waals surface area contributed by atoms with Crippen LogP contribution in [0.1, 0.15) is 30.1 Å². The van der Waals surface area contributed by atoms with E-state index in [1.807, 2.05) is 42.5 Å². The summed E-state index contributed by atoms with van der Waals surface area (Å²) < 4.78 is 0. The lowest BCUT2D eigenvalue weighted by atomic mass is 9.99. The first-order valence-electron chi connectivity index (χ1n) is 8.02. The fraction of sp³-hybridized carbons (Fsp3) is 0.316. The number of carbonyl (C=O) groups is 1. The number of hydrogen-bond acceptors (Lipinski definition) is 2. The third-order valence-corrected chi connectivity index (χ3v) is 4.61. The molecule has 2 aromatic rings. The fourth-order valence-corrected chi connectivity index (χ4v) is 3.24. The minimum atomic E-state index is -0.0909. The minimum absolute atomic E-state index is 0.0909. The van der Waals surface area contributed by atoms with Crippen LogP contribution < -0.4 is 10.6 Å². The summed E-state index contributed by atoms with van der Waals surface area (Å²) in [6.45, 7) is 3.07. The molecule has 0 bridgehead atoms. The van der Waals surface area contributed by atoms with Gasteiger partial charge in [0.1, 0.15) is 0 Å². The largest absolute Gasteiger partial charge is 0.349 e. The number of amides is 1. The summed E-state index contributed by atoms with van der Waals surface area (Å²) in [7, 11) is 0. The maximum absolute atomic E-state index is 12.6. The molecule has 0 aromatic heterocycles. The third kappa shape index (κ3) is 3.92. The molecule has 2 N–H and O–H groups in total. The second-order valence-electron chi connectivity index (χ2n) is 6.11. The van der Waals surface area contributed by atoms with Crippen molar-refractivity contribution in [2.45, 2.75) is 31.8 Å². The van der Waals surface area contributed by atoms with Gasteiger partial charge in [0.25, 0.3) is 5.91 Å². The van der Waals surface area contributed by atoms with E-state index in [1.165, 1.54) is 0 Å². The Labute approximate surface area is 142 Å². The molecule has 23 heavy (non-hydrogen) atoms. The number of hydrogen-bond donors (Lipinski definition) is 2. The Bertz CT molecular complexity index is 687. The molecule has 0 radical (unpaired) electrons. The number of piperidine rings is 1. The zero-order valence-electron chi connectivity index (χ0n) is 13.2. The van der Waals surface area contributed by atoms with Crippen LogP contribution in [0, 0.1) is 0 Å². The summed E-state index contributed by atoms with van der Waals surface area (Å²) in [6, 6.07) is 16.3. The van der Waals surface area contributed by atoms with Crippen molar-refractivity contribution in [2.75, 3.05) is 6.54 Å². The van der Waals surface area contributed by atoms with Crippen LogP contribution in [0.15, 0.2) is 48.5 Å². The molecule has 4 heteroatoms. The second-order valence-corrected chi connectivity index (χ2v) is 6.52. The summed E-state index contributed by atoms with van der Waals surface area (Å²) in [6.07, 6.45) is 1.90. The molecule has 1 saturated heterocycles. The van der Waals surface area contributed by atoms with E-state index >= 15 is 0 Å². The maximum Gasteiger partial charge on any atom is 0.253 e. The molecular weight excluding hydrogens is 308 g/mol. The van der Waals surface area contributed by atoms with Crippen LogP contribution in [0.2, 0.25) is 5.02 Å². The number of rotatable bonds is 3. The molecule has 0 spiro atoms. The lowest BCUT2D eigenvalue weighted by Gasteiger charge is -2.28. The summed E-state index contributed by atoms with van der Waals surface area (Å²) >= 11 is 6.25. The Morgan fingerprint density at radius 1 is 1.17 bits per heavy atom. The molecule has 1 amide bonds. The van der Waals surface area contributed by atoms with Gasteiger partial charge in [-0.25, -0.2) is 0 Å². The van der Waals surface area contributed by atoms with E-state index in [4.69, 9.17) is 11.6 Å². The lowest BCUT2D eigenvalue weighted by Crippen LogP contribution is -2.46. The summed E-state index contributed by atoms with van der Waals surface area (Å²) in [4.78, 5) is 12.6. The first-order chi connectivity index (χ1) is 11.1. The number of nitrogens with one attached hydrogen (secondary N) is 2. The Morgan fingerprint density at radius 2 is 1.96 bits per heavy atom. The van der Waals surface area contributed by atoms with Crippen molar-refractivity contribution >= 4 is 17.5 Å². The Hall–Kier alpha value is -1.84. The van der Waals surface area contributed by atoms with Gasteiger partial charge in [0.15, 0.2) is 0 Å². The van der Waals surface area contributed by atoms with Gasteiger partial charge in [-0.05, 0) is 49.6 Å². The van der Waals surface area contributed by atoms with Crippen LogP contribution in [0.3, 0.4) is 0 Å². The van der Waals surface area contributed by atoms with Crippen molar-refractivity contribution in [2.24, 2.45) is 0 Å². The van der Waals surface area contributed by atoms with E-state index < -0.39 is 0 Å². The fourth-order valence-electron chi connectivity index (χ4n) is 3.04. The molecule has 1 fully saturated rings. The molecule has 120 valence electrons. The van der Waals surface area contributed by atoms with Crippen LogP contribution in [0.25, 0.3) is 11.1 Å². The minimum Gasteiger partial charge on any atom is -0.349 e. The molecule has 1 aliphatic rings. The van der Waals surface area contributed by atoms with E-state index in [0.717, 1.165) is 30.5 Å². The van der Waals surface area contributed by atoms with Crippen LogP contribution in [0.4, 0.5) is 0 Å². The van der Waals surface area contributed by atoms with Crippen LogP contribution >= 0.6 is 11.6 Å². The Balaban J connectivity index is 1.80. The zero-order valence-corrected chi connectivity index (χ0v) is 13.9. The first kappa shape index (κ1) is 16.0. The monoisotopic (exact) mass is 328 g/mol. The van der Waals surface area contributed by atoms with Gasteiger partial charge in [0.2, 0.25) is 0 Å². The van der Waals surface area contributed by atoms with Crippen LogP contribution in [-0.4, -0.2) is 24.5 Å². The zero-order chi connectivity index (χ0) is 16.2. The van der Waals surface area contributed by atoms with Gasteiger partial charge >= 0.3 is 0 Å². The molecule has 3 rings (SSSR count). The molecule has 2 unspecified atom stereocenters. The summed E-state index contributed by atoms with van der Waals surface area (Å²) in [5, 5.41) is 7.00. The van der Waals surface area contributed by atoms with Gasteiger partial charge in [-0.2, -0.15) is 0 Å². The SMILES string of the molecule is CC1CC(NC(=O)c2cc(-c3ccccc3)ccc2Cl)CCN1. The molecule has 0 aliphatic carbocycles. The van der Waals surface area contributed by atoms with Gasteiger partial charge in [-0.15, -0.1) is 0 Å². The molecule has 2 aromatic carbocycles. The van der Waals surface area contributed by atoms with E-state index in [-0.39, 0.29) is 11.9 Å². The Kier molecular flexibility index (Phi) is 4.99. The van der Waals surface area contributed by atoms with Crippen molar-refractivity contribution in [3.63, 3.8) is 0 Å². The molecule has 0 saturated carbocycles. The average molecular weight is 329 g/mol. The second kappa shape index (κ2) is 7.16.